The number of hydrogen-bond acceptors (Lipinski definition) is 3. The fourth-order valence-corrected chi connectivity index (χ4v) is 4.60. The highest BCUT2D eigenvalue weighted by atomic mass is 16.2. The molecule has 0 unspecified atom stereocenters. The SMILES string of the molecule is CN1CCN(Cc2ccc(CC3CCN(C(=O)NCc4ccccc4)CC3)cc2)CC1. The second-order valence-corrected chi connectivity index (χ2v) is 9.17. The number of benzene rings is 2. The Labute approximate surface area is 187 Å². The maximum absolute atomic E-state index is 12.5. The van der Waals surface area contributed by atoms with Gasteiger partial charge in [-0.25, -0.2) is 4.79 Å². The van der Waals surface area contributed by atoms with E-state index in [0.717, 1.165) is 57.5 Å². The summed E-state index contributed by atoms with van der Waals surface area (Å²) in [5.41, 5.74) is 3.98. The van der Waals surface area contributed by atoms with Crippen molar-refractivity contribution in [3.05, 3.63) is 71.3 Å². The molecule has 5 heteroatoms. The normalized spacial score (nSPS) is 18.8. The van der Waals surface area contributed by atoms with Crippen LogP contribution in [0.2, 0.25) is 0 Å². The molecule has 0 atom stereocenters. The lowest BCUT2D eigenvalue weighted by molar-refractivity contribution is 0.148. The summed E-state index contributed by atoms with van der Waals surface area (Å²) in [7, 11) is 2.20. The maximum atomic E-state index is 12.5. The summed E-state index contributed by atoms with van der Waals surface area (Å²) in [4.78, 5) is 19.4. The van der Waals surface area contributed by atoms with Gasteiger partial charge in [0.2, 0.25) is 0 Å². The molecule has 0 aromatic heterocycles. The summed E-state index contributed by atoms with van der Waals surface area (Å²) in [5, 5.41) is 3.06. The van der Waals surface area contributed by atoms with E-state index in [1.165, 1.54) is 24.2 Å². The fraction of sp³-hybridized carbons (Fsp3) is 0.500. The number of nitrogens with zero attached hydrogens (tertiary/aromatic N) is 3. The number of carbonyl (C=O) groups is 1. The Balaban J connectivity index is 1.18. The largest absolute Gasteiger partial charge is 0.334 e. The lowest BCUT2D eigenvalue weighted by Crippen LogP contribution is -2.44. The number of likely N-dealkylation sites (tertiary alicyclic amines) is 1. The summed E-state index contributed by atoms with van der Waals surface area (Å²) in [5.74, 6) is 0.668. The number of piperidine rings is 1. The van der Waals surface area contributed by atoms with Crippen molar-refractivity contribution in [3.8, 4) is 0 Å². The molecule has 0 spiro atoms. The zero-order valence-electron chi connectivity index (χ0n) is 18.8. The van der Waals surface area contributed by atoms with Gasteiger partial charge in [0.15, 0.2) is 0 Å². The van der Waals surface area contributed by atoms with Crippen LogP contribution in [0.5, 0.6) is 0 Å². The number of piperazine rings is 1. The molecule has 2 saturated heterocycles. The highest BCUT2D eigenvalue weighted by Gasteiger charge is 2.23. The number of urea groups is 1. The van der Waals surface area contributed by atoms with E-state index >= 15 is 0 Å². The highest BCUT2D eigenvalue weighted by Crippen LogP contribution is 2.22. The molecule has 5 nitrogen and oxygen atoms in total. The fourth-order valence-electron chi connectivity index (χ4n) is 4.60. The summed E-state index contributed by atoms with van der Waals surface area (Å²) >= 11 is 0. The van der Waals surface area contributed by atoms with Gasteiger partial charge in [-0.15, -0.1) is 0 Å². The molecule has 0 saturated carbocycles. The molecule has 166 valence electrons. The predicted octanol–water partition coefficient (Wildman–Crippen LogP) is 3.60. The van der Waals surface area contributed by atoms with Gasteiger partial charge in [0.25, 0.3) is 0 Å². The lowest BCUT2D eigenvalue weighted by atomic mass is 9.90. The van der Waals surface area contributed by atoms with E-state index in [2.05, 4.69) is 46.4 Å². The molecule has 0 radical (unpaired) electrons. The predicted molar refractivity (Wildman–Crippen MR) is 126 cm³/mol. The average Bonchev–Trinajstić information content (AvgIpc) is 2.81. The molecule has 2 fully saturated rings. The van der Waals surface area contributed by atoms with Crippen LogP contribution in [-0.4, -0.2) is 67.0 Å². The Morgan fingerprint density at radius 2 is 1.48 bits per heavy atom. The third kappa shape index (κ3) is 6.55. The van der Waals surface area contributed by atoms with E-state index in [0.29, 0.717) is 12.5 Å². The minimum Gasteiger partial charge on any atom is -0.334 e. The van der Waals surface area contributed by atoms with Crippen molar-refractivity contribution in [2.75, 3.05) is 46.3 Å². The molecular formula is C26H36N4O. The monoisotopic (exact) mass is 420 g/mol. The van der Waals surface area contributed by atoms with E-state index < -0.39 is 0 Å². The lowest BCUT2D eigenvalue weighted by Gasteiger charge is -2.32. The van der Waals surface area contributed by atoms with Crippen molar-refractivity contribution in [1.29, 1.82) is 0 Å². The number of likely N-dealkylation sites (N-methyl/N-ethyl adjacent to an activating group) is 1. The third-order valence-corrected chi connectivity index (χ3v) is 6.74. The summed E-state index contributed by atoms with van der Waals surface area (Å²) in [6, 6.07) is 19.4. The molecule has 1 N–H and O–H groups in total. The van der Waals surface area contributed by atoms with Gasteiger partial charge < -0.3 is 15.1 Å². The van der Waals surface area contributed by atoms with Crippen LogP contribution in [0.15, 0.2) is 54.6 Å². The van der Waals surface area contributed by atoms with Gasteiger partial charge in [-0.05, 0) is 48.9 Å². The van der Waals surface area contributed by atoms with Crippen LogP contribution in [0.3, 0.4) is 0 Å². The molecular weight excluding hydrogens is 384 g/mol. The first-order chi connectivity index (χ1) is 15.2. The van der Waals surface area contributed by atoms with Gasteiger partial charge in [0, 0.05) is 52.4 Å². The van der Waals surface area contributed by atoms with Crippen LogP contribution >= 0.6 is 0 Å². The van der Waals surface area contributed by atoms with Crippen molar-refractivity contribution in [3.63, 3.8) is 0 Å². The molecule has 2 aromatic rings. The zero-order valence-corrected chi connectivity index (χ0v) is 18.8. The summed E-state index contributed by atoms with van der Waals surface area (Å²) in [6.07, 6.45) is 3.29. The van der Waals surface area contributed by atoms with E-state index in [4.69, 9.17) is 0 Å². The van der Waals surface area contributed by atoms with Gasteiger partial charge in [-0.2, -0.15) is 0 Å². The number of hydrogen-bond donors (Lipinski definition) is 1. The van der Waals surface area contributed by atoms with E-state index in [-0.39, 0.29) is 6.03 Å². The van der Waals surface area contributed by atoms with Gasteiger partial charge in [0.1, 0.15) is 0 Å². The van der Waals surface area contributed by atoms with Crippen molar-refractivity contribution in [2.45, 2.75) is 32.4 Å². The third-order valence-electron chi connectivity index (χ3n) is 6.74. The Morgan fingerprint density at radius 1 is 0.839 bits per heavy atom. The average molecular weight is 421 g/mol. The summed E-state index contributed by atoms with van der Waals surface area (Å²) < 4.78 is 0. The minimum atomic E-state index is 0.0653. The number of nitrogens with one attached hydrogen (secondary N) is 1. The van der Waals surface area contributed by atoms with Crippen molar-refractivity contribution >= 4 is 6.03 Å². The number of amides is 2. The smallest absolute Gasteiger partial charge is 0.317 e. The number of rotatable bonds is 6. The topological polar surface area (TPSA) is 38.8 Å². The zero-order chi connectivity index (χ0) is 21.5. The van der Waals surface area contributed by atoms with Crippen LogP contribution in [0.1, 0.15) is 29.5 Å². The molecule has 2 aliphatic heterocycles. The second kappa shape index (κ2) is 10.8. The van der Waals surface area contributed by atoms with Gasteiger partial charge in [-0.3, -0.25) is 4.90 Å². The molecule has 31 heavy (non-hydrogen) atoms. The Kier molecular flexibility index (Phi) is 7.60. The second-order valence-electron chi connectivity index (χ2n) is 9.17. The Bertz CT molecular complexity index is 807. The number of carbonyl (C=O) groups excluding carboxylic acids is 1. The van der Waals surface area contributed by atoms with Crippen LogP contribution < -0.4 is 5.32 Å². The van der Waals surface area contributed by atoms with Crippen LogP contribution in [0.4, 0.5) is 4.79 Å². The molecule has 0 aliphatic carbocycles. The van der Waals surface area contributed by atoms with Crippen molar-refractivity contribution in [1.82, 2.24) is 20.0 Å². The van der Waals surface area contributed by atoms with Gasteiger partial charge in [-0.1, -0.05) is 54.6 Å². The van der Waals surface area contributed by atoms with Crippen molar-refractivity contribution in [2.24, 2.45) is 5.92 Å². The Morgan fingerprint density at radius 3 is 2.16 bits per heavy atom. The molecule has 2 aliphatic rings. The molecule has 4 rings (SSSR count). The van der Waals surface area contributed by atoms with E-state index in [1.807, 2.05) is 35.2 Å². The van der Waals surface area contributed by atoms with E-state index in [9.17, 15) is 4.79 Å². The van der Waals surface area contributed by atoms with E-state index in [1.54, 1.807) is 0 Å². The summed E-state index contributed by atoms with van der Waals surface area (Å²) in [6.45, 7) is 8.03. The quantitative estimate of drug-likeness (QED) is 0.776. The molecule has 2 aromatic carbocycles. The molecule has 2 amide bonds. The molecule has 2 heterocycles. The first kappa shape index (κ1) is 21.8. The van der Waals surface area contributed by atoms with Crippen LogP contribution in [0.25, 0.3) is 0 Å². The van der Waals surface area contributed by atoms with Gasteiger partial charge >= 0.3 is 6.03 Å². The first-order valence-electron chi connectivity index (χ1n) is 11.7. The Hall–Kier alpha value is -2.37. The van der Waals surface area contributed by atoms with Gasteiger partial charge in [0.05, 0.1) is 0 Å². The van der Waals surface area contributed by atoms with Crippen molar-refractivity contribution < 1.29 is 4.79 Å². The van der Waals surface area contributed by atoms with Crippen LogP contribution in [-0.2, 0) is 19.5 Å². The maximum Gasteiger partial charge on any atom is 0.317 e. The molecule has 0 bridgehead atoms. The van der Waals surface area contributed by atoms with Crippen LogP contribution in [0, 0.1) is 5.92 Å². The standard InChI is InChI=1S/C26H36N4O/c1-28-15-17-29(18-16-28)21-25-9-7-22(8-10-25)19-23-11-13-30(14-12-23)26(31)27-20-24-5-3-2-4-6-24/h2-10,23H,11-21H2,1H3,(H,27,31). The minimum absolute atomic E-state index is 0.0653. The highest BCUT2D eigenvalue weighted by molar-refractivity contribution is 5.74. The first-order valence-corrected chi connectivity index (χ1v) is 11.7.